The monoisotopic (exact) mass is 226 g/mol. The summed E-state index contributed by atoms with van der Waals surface area (Å²) >= 11 is 0. The average molecular weight is 226 g/mol. The molecule has 1 saturated heterocycles. The summed E-state index contributed by atoms with van der Waals surface area (Å²) in [5.41, 5.74) is 0.0954. The Morgan fingerprint density at radius 2 is 2.56 bits per heavy atom. The lowest BCUT2D eigenvalue weighted by Crippen LogP contribution is -2.25. The smallest absolute Gasteiger partial charge is 0.358 e. The van der Waals surface area contributed by atoms with Gasteiger partial charge in [0, 0.05) is 6.61 Å². The Morgan fingerprint density at radius 1 is 1.75 bits per heavy atom. The molecule has 2 rings (SSSR count). The van der Waals surface area contributed by atoms with Gasteiger partial charge in [-0.3, -0.25) is 0 Å². The SMILES string of the molecule is COc1cnn(C2CCCOC2)c1C(=O)O. The highest BCUT2D eigenvalue weighted by Crippen LogP contribution is 2.25. The van der Waals surface area contributed by atoms with Crippen LogP contribution in [0.1, 0.15) is 29.4 Å². The van der Waals surface area contributed by atoms with Crippen molar-refractivity contribution < 1.29 is 19.4 Å². The lowest BCUT2D eigenvalue weighted by molar-refractivity contribution is 0.0497. The highest BCUT2D eigenvalue weighted by atomic mass is 16.5. The van der Waals surface area contributed by atoms with Crippen molar-refractivity contribution in [1.82, 2.24) is 9.78 Å². The molecule has 1 unspecified atom stereocenters. The van der Waals surface area contributed by atoms with Gasteiger partial charge in [0.1, 0.15) is 0 Å². The van der Waals surface area contributed by atoms with Crippen molar-refractivity contribution in [1.29, 1.82) is 0 Å². The van der Waals surface area contributed by atoms with Crippen molar-refractivity contribution >= 4 is 5.97 Å². The molecule has 0 bridgehead atoms. The van der Waals surface area contributed by atoms with Crippen LogP contribution in [0.2, 0.25) is 0 Å². The molecule has 0 amide bonds. The van der Waals surface area contributed by atoms with E-state index in [0.717, 1.165) is 19.4 Å². The predicted molar refractivity (Wildman–Crippen MR) is 54.8 cm³/mol. The summed E-state index contributed by atoms with van der Waals surface area (Å²) in [6, 6.07) is -0.0104. The molecule has 0 aliphatic carbocycles. The van der Waals surface area contributed by atoms with E-state index >= 15 is 0 Å². The van der Waals surface area contributed by atoms with Gasteiger partial charge in [-0.15, -0.1) is 0 Å². The Bertz CT molecular complexity index is 382. The minimum absolute atomic E-state index is 0.0104. The molecule has 88 valence electrons. The number of carboxylic acids is 1. The van der Waals surface area contributed by atoms with E-state index in [1.165, 1.54) is 18.0 Å². The lowest BCUT2D eigenvalue weighted by atomic mass is 10.1. The summed E-state index contributed by atoms with van der Waals surface area (Å²) in [6.45, 7) is 1.24. The number of carbonyl (C=O) groups is 1. The molecule has 0 saturated carbocycles. The molecule has 6 heteroatoms. The fraction of sp³-hybridized carbons (Fsp3) is 0.600. The van der Waals surface area contributed by atoms with E-state index in [-0.39, 0.29) is 17.5 Å². The molecule has 1 atom stereocenters. The van der Waals surface area contributed by atoms with Crippen LogP contribution in [0.25, 0.3) is 0 Å². The van der Waals surface area contributed by atoms with Crippen LogP contribution in [-0.4, -0.2) is 41.2 Å². The van der Waals surface area contributed by atoms with Crippen molar-refractivity contribution in [3.63, 3.8) is 0 Å². The van der Waals surface area contributed by atoms with Crippen molar-refractivity contribution in [3.8, 4) is 5.75 Å². The maximum atomic E-state index is 11.1. The third-order valence-electron chi connectivity index (χ3n) is 2.67. The first-order valence-electron chi connectivity index (χ1n) is 5.16. The van der Waals surface area contributed by atoms with Gasteiger partial charge in [-0.05, 0) is 12.8 Å². The maximum Gasteiger partial charge on any atom is 0.358 e. The van der Waals surface area contributed by atoms with Crippen LogP contribution in [0.3, 0.4) is 0 Å². The number of ether oxygens (including phenoxy) is 2. The van der Waals surface area contributed by atoms with Crippen LogP contribution in [-0.2, 0) is 4.74 Å². The Labute approximate surface area is 92.8 Å². The molecule has 2 heterocycles. The van der Waals surface area contributed by atoms with E-state index in [9.17, 15) is 4.79 Å². The molecule has 16 heavy (non-hydrogen) atoms. The first-order chi connectivity index (χ1) is 7.74. The summed E-state index contributed by atoms with van der Waals surface area (Å²) in [5, 5.41) is 13.2. The number of carboxylic acid groups (broad SMARTS) is 1. The molecule has 1 fully saturated rings. The Kier molecular flexibility index (Phi) is 3.09. The third kappa shape index (κ3) is 1.88. The van der Waals surface area contributed by atoms with Crippen LogP contribution in [0.4, 0.5) is 0 Å². The zero-order valence-corrected chi connectivity index (χ0v) is 9.05. The number of hydrogen-bond acceptors (Lipinski definition) is 4. The average Bonchev–Trinajstić information content (AvgIpc) is 2.73. The number of aromatic nitrogens is 2. The fourth-order valence-corrected chi connectivity index (χ4v) is 1.89. The van der Waals surface area contributed by atoms with Crippen LogP contribution in [0, 0.1) is 0 Å². The first kappa shape index (κ1) is 10.9. The minimum atomic E-state index is -1.03. The lowest BCUT2D eigenvalue weighted by Gasteiger charge is -2.23. The van der Waals surface area contributed by atoms with E-state index in [2.05, 4.69) is 5.10 Å². The number of aromatic carboxylic acids is 1. The zero-order chi connectivity index (χ0) is 11.5. The second kappa shape index (κ2) is 4.52. The number of methoxy groups -OCH3 is 1. The summed E-state index contributed by atoms with van der Waals surface area (Å²) in [6.07, 6.45) is 3.23. The molecule has 1 aromatic heterocycles. The maximum absolute atomic E-state index is 11.1. The molecular formula is C10H14N2O4. The van der Waals surface area contributed by atoms with Gasteiger partial charge in [-0.25, -0.2) is 9.48 Å². The molecule has 6 nitrogen and oxygen atoms in total. The summed E-state index contributed by atoms with van der Waals surface area (Å²) in [4.78, 5) is 11.1. The normalized spacial score (nSPS) is 20.7. The summed E-state index contributed by atoms with van der Waals surface area (Å²) in [5.74, 6) is -0.738. The molecule has 1 aromatic rings. The number of nitrogens with zero attached hydrogens (tertiary/aromatic N) is 2. The van der Waals surface area contributed by atoms with Gasteiger partial charge in [0.2, 0.25) is 0 Å². The van der Waals surface area contributed by atoms with E-state index < -0.39 is 5.97 Å². The Morgan fingerprint density at radius 3 is 3.12 bits per heavy atom. The molecule has 1 N–H and O–H groups in total. The molecule has 1 aliphatic heterocycles. The number of rotatable bonds is 3. The van der Waals surface area contributed by atoms with E-state index in [0.29, 0.717) is 6.61 Å². The molecule has 0 aromatic carbocycles. The van der Waals surface area contributed by atoms with Gasteiger partial charge in [-0.1, -0.05) is 0 Å². The highest BCUT2D eigenvalue weighted by molar-refractivity contribution is 5.88. The molecule has 0 spiro atoms. The zero-order valence-electron chi connectivity index (χ0n) is 9.05. The summed E-state index contributed by atoms with van der Waals surface area (Å²) in [7, 11) is 1.44. The van der Waals surface area contributed by atoms with E-state index in [4.69, 9.17) is 14.6 Å². The minimum Gasteiger partial charge on any atom is -0.493 e. The van der Waals surface area contributed by atoms with E-state index in [1.54, 1.807) is 0 Å². The first-order valence-corrected chi connectivity index (χ1v) is 5.16. The summed E-state index contributed by atoms with van der Waals surface area (Å²) < 4.78 is 11.8. The second-order valence-electron chi connectivity index (χ2n) is 3.68. The van der Waals surface area contributed by atoms with Gasteiger partial charge in [0.15, 0.2) is 11.4 Å². The molecule has 1 aliphatic rings. The fourth-order valence-electron chi connectivity index (χ4n) is 1.89. The van der Waals surface area contributed by atoms with Crippen LogP contribution in [0.5, 0.6) is 5.75 Å². The van der Waals surface area contributed by atoms with E-state index in [1.807, 2.05) is 0 Å². The Hall–Kier alpha value is -1.56. The van der Waals surface area contributed by atoms with Crippen molar-refractivity contribution in [2.75, 3.05) is 20.3 Å². The van der Waals surface area contributed by atoms with Gasteiger partial charge in [0.25, 0.3) is 0 Å². The third-order valence-corrected chi connectivity index (χ3v) is 2.67. The van der Waals surface area contributed by atoms with Crippen LogP contribution < -0.4 is 4.74 Å². The van der Waals surface area contributed by atoms with Crippen LogP contribution >= 0.6 is 0 Å². The van der Waals surface area contributed by atoms with Gasteiger partial charge < -0.3 is 14.6 Å². The topological polar surface area (TPSA) is 73.6 Å². The quantitative estimate of drug-likeness (QED) is 0.830. The largest absolute Gasteiger partial charge is 0.493 e. The van der Waals surface area contributed by atoms with Gasteiger partial charge in [0.05, 0.1) is 26.0 Å². The number of hydrogen-bond donors (Lipinski definition) is 1. The Balaban J connectivity index is 2.32. The van der Waals surface area contributed by atoms with Gasteiger partial charge in [-0.2, -0.15) is 5.10 Å². The van der Waals surface area contributed by atoms with Crippen molar-refractivity contribution in [3.05, 3.63) is 11.9 Å². The molecular weight excluding hydrogens is 212 g/mol. The highest BCUT2D eigenvalue weighted by Gasteiger charge is 2.25. The van der Waals surface area contributed by atoms with Crippen molar-refractivity contribution in [2.45, 2.75) is 18.9 Å². The van der Waals surface area contributed by atoms with Crippen LogP contribution in [0.15, 0.2) is 6.20 Å². The van der Waals surface area contributed by atoms with Crippen molar-refractivity contribution in [2.24, 2.45) is 0 Å². The standard InChI is InChI=1S/C10H14N2O4/c1-15-8-5-11-12(9(8)10(13)14)7-3-2-4-16-6-7/h5,7H,2-4,6H2,1H3,(H,13,14). The second-order valence-corrected chi connectivity index (χ2v) is 3.68. The molecule has 0 radical (unpaired) electrons. The predicted octanol–water partition coefficient (Wildman–Crippen LogP) is 0.941. The van der Waals surface area contributed by atoms with Gasteiger partial charge >= 0.3 is 5.97 Å².